The highest BCUT2D eigenvalue weighted by molar-refractivity contribution is 5.91. The smallest absolute Gasteiger partial charge is 0.334 e. The normalized spacial score (nSPS) is 49.3. The molecule has 4 heteroatoms. The third-order valence-corrected chi connectivity index (χ3v) is 5.28. The summed E-state index contributed by atoms with van der Waals surface area (Å²) in [5.41, 5.74) is 1.06. The van der Waals surface area contributed by atoms with Crippen molar-refractivity contribution >= 4 is 5.97 Å². The minimum atomic E-state index is -0.675. The summed E-state index contributed by atoms with van der Waals surface area (Å²) in [7, 11) is 0. The number of hydrogen-bond donors (Lipinski definition) is 2. The van der Waals surface area contributed by atoms with Gasteiger partial charge in [0, 0.05) is 16.9 Å². The van der Waals surface area contributed by atoms with Gasteiger partial charge < -0.3 is 14.9 Å². The summed E-state index contributed by atoms with van der Waals surface area (Å²) in [6.45, 7) is 7.75. The van der Waals surface area contributed by atoms with Crippen molar-refractivity contribution in [3.8, 4) is 0 Å². The summed E-state index contributed by atoms with van der Waals surface area (Å²) in [6, 6.07) is 0. The fraction of sp³-hybridized carbons (Fsp3) is 0.667. The zero-order chi connectivity index (χ0) is 13.9. The molecular weight excluding hydrogens is 244 g/mol. The van der Waals surface area contributed by atoms with Crippen molar-refractivity contribution in [3.05, 3.63) is 23.8 Å². The van der Waals surface area contributed by atoms with E-state index in [4.69, 9.17) is 4.74 Å². The van der Waals surface area contributed by atoms with Gasteiger partial charge in [-0.3, -0.25) is 0 Å². The zero-order valence-electron chi connectivity index (χ0n) is 11.3. The molecule has 2 fully saturated rings. The van der Waals surface area contributed by atoms with Gasteiger partial charge in [-0.2, -0.15) is 0 Å². The van der Waals surface area contributed by atoms with E-state index >= 15 is 0 Å². The van der Waals surface area contributed by atoms with Gasteiger partial charge in [-0.05, 0) is 19.8 Å². The quantitative estimate of drug-likeness (QED) is 0.392. The van der Waals surface area contributed by atoms with Crippen LogP contribution in [0.4, 0.5) is 0 Å². The molecule has 2 N–H and O–H groups in total. The van der Waals surface area contributed by atoms with Crippen molar-refractivity contribution in [2.45, 2.75) is 45.0 Å². The molecule has 1 heterocycles. The van der Waals surface area contributed by atoms with Crippen molar-refractivity contribution < 1.29 is 19.7 Å². The average molecular weight is 264 g/mol. The molecule has 0 unspecified atom stereocenters. The van der Waals surface area contributed by atoms with E-state index in [0.29, 0.717) is 18.4 Å². The maximum atomic E-state index is 11.7. The van der Waals surface area contributed by atoms with Gasteiger partial charge in [0.05, 0.1) is 18.1 Å². The van der Waals surface area contributed by atoms with Crippen molar-refractivity contribution in [1.82, 2.24) is 0 Å². The van der Waals surface area contributed by atoms with E-state index in [9.17, 15) is 15.0 Å². The van der Waals surface area contributed by atoms with Crippen LogP contribution in [0, 0.1) is 17.3 Å². The molecule has 19 heavy (non-hydrogen) atoms. The third kappa shape index (κ3) is 1.56. The predicted octanol–water partition coefficient (Wildman–Crippen LogP) is 1.18. The fourth-order valence-electron chi connectivity index (χ4n) is 4.23. The van der Waals surface area contributed by atoms with Gasteiger partial charge in [-0.1, -0.05) is 25.2 Å². The van der Waals surface area contributed by atoms with Crippen LogP contribution in [0.5, 0.6) is 0 Å². The largest absolute Gasteiger partial charge is 0.458 e. The Morgan fingerprint density at radius 2 is 2.16 bits per heavy atom. The average Bonchev–Trinajstić information content (AvgIpc) is 2.61. The summed E-state index contributed by atoms with van der Waals surface area (Å²) in [4.78, 5) is 11.7. The van der Waals surface area contributed by atoms with Gasteiger partial charge in [0.25, 0.3) is 0 Å². The van der Waals surface area contributed by atoms with E-state index in [1.165, 1.54) is 0 Å². The molecule has 1 aliphatic heterocycles. The van der Waals surface area contributed by atoms with Crippen LogP contribution in [0.2, 0.25) is 0 Å². The lowest BCUT2D eigenvalue weighted by atomic mass is 9.54. The first-order valence-electron chi connectivity index (χ1n) is 6.79. The van der Waals surface area contributed by atoms with Crippen LogP contribution in [0.1, 0.15) is 26.7 Å². The molecule has 1 saturated heterocycles. The Kier molecular flexibility index (Phi) is 2.67. The van der Waals surface area contributed by atoms with E-state index < -0.39 is 23.6 Å². The lowest BCUT2D eigenvalue weighted by Crippen LogP contribution is -2.56. The van der Waals surface area contributed by atoms with Gasteiger partial charge in [0.15, 0.2) is 0 Å². The van der Waals surface area contributed by atoms with Gasteiger partial charge in [0.1, 0.15) is 6.10 Å². The Bertz CT molecular complexity index is 481. The molecule has 0 spiro atoms. The molecular formula is C15H20O4. The summed E-state index contributed by atoms with van der Waals surface area (Å²) >= 11 is 0. The number of ether oxygens (including phenoxy) is 1. The summed E-state index contributed by atoms with van der Waals surface area (Å²) in [5.74, 6) is -0.779. The van der Waals surface area contributed by atoms with Crippen LogP contribution in [-0.4, -0.2) is 34.5 Å². The highest BCUT2D eigenvalue weighted by Crippen LogP contribution is 2.56. The summed E-state index contributed by atoms with van der Waals surface area (Å²) in [5, 5.41) is 20.7. The molecule has 0 aromatic heterocycles. The number of rotatable bonds is 0. The monoisotopic (exact) mass is 264 g/mol. The van der Waals surface area contributed by atoms with Gasteiger partial charge >= 0.3 is 5.97 Å². The number of esters is 1. The lowest BCUT2D eigenvalue weighted by molar-refractivity contribution is -0.157. The van der Waals surface area contributed by atoms with Crippen LogP contribution >= 0.6 is 0 Å². The van der Waals surface area contributed by atoms with Crippen molar-refractivity contribution in [2.24, 2.45) is 17.3 Å². The molecule has 0 aromatic rings. The van der Waals surface area contributed by atoms with Gasteiger partial charge in [-0.15, -0.1) is 0 Å². The first kappa shape index (κ1) is 12.9. The molecule has 0 bridgehead atoms. The number of aliphatic hydroxyl groups is 2. The van der Waals surface area contributed by atoms with E-state index in [2.05, 4.69) is 6.58 Å². The lowest BCUT2D eigenvalue weighted by Gasteiger charge is -2.52. The Balaban J connectivity index is 2.08. The minimum Gasteiger partial charge on any atom is -0.458 e. The highest BCUT2D eigenvalue weighted by atomic mass is 16.6. The SMILES string of the molecule is C=C1C(=O)O[C@H]2[C@H]1[C@@H](O)C[C@@]1(C)[C@@H]2C(C)=CC[C@@H]1O. The standard InChI is InChI=1S/C15H20O4/c1-7-4-5-10(17)15(3)6-9(16)11-8(2)14(18)19-13(11)12(7)15/h4,9-13,16-17H,2,5-6H2,1,3H3/t9-,10-,11+,12+,13-,15+/m0/s1. The Hall–Kier alpha value is -1.13. The van der Waals surface area contributed by atoms with Crippen LogP contribution in [0.3, 0.4) is 0 Å². The van der Waals surface area contributed by atoms with Crippen molar-refractivity contribution in [2.75, 3.05) is 0 Å². The number of carbonyl (C=O) groups excluding carboxylic acids is 1. The summed E-state index contributed by atoms with van der Waals surface area (Å²) in [6.07, 6.45) is 1.51. The van der Waals surface area contributed by atoms with E-state index in [0.717, 1.165) is 5.57 Å². The molecule has 0 aromatic carbocycles. The Labute approximate surface area is 112 Å². The van der Waals surface area contributed by atoms with Gasteiger partial charge in [0.2, 0.25) is 0 Å². The van der Waals surface area contributed by atoms with E-state index in [-0.39, 0.29) is 17.9 Å². The molecule has 0 radical (unpaired) electrons. The Morgan fingerprint density at radius 1 is 1.47 bits per heavy atom. The molecule has 104 valence electrons. The second-order valence-electron chi connectivity index (χ2n) is 6.38. The zero-order valence-corrected chi connectivity index (χ0v) is 11.3. The second kappa shape index (κ2) is 3.93. The maximum absolute atomic E-state index is 11.7. The minimum absolute atomic E-state index is 0.0344. The van der Waals surface area contributed by atoms with Crippen LogP contribution in [-0.2, 0) is 9.53 Å². The first-order chi connectivity index (χ1) is 8.86. The Morgan fingerprint density at radius 3 is 2.84 bits per heavy atom. The van der Waals surface area contributed by atoms with Crippen molar-refractivity contribution in [1.29, 1.82) is 0 Å². The molecule has 2 aliphatic carbocycles. The van der Waals surface area contributed by atoms with E-state index in [1.54, 1.807) is 0 Å². The molecule has 3 rings (SSSR count). The number of aliphatic hydroxyl groups excluding tert-OH is 2. The molecule has 4 nitrogen and oxygen atoms in total. The number of fused-ring (bicyclic) bond motifs is 3. The van der Waals surface area contributed by atoms with Crippen LogP contribution < -0.4 is 0 Å². The fourth-order valence-corrected chi connectivity index (χ4v) is 4.23. The molecule has 1 saturated carbocycles. The molecule has 3 aliphatic rings. The second-order valence-corrected chi connectivity index (χ2v) is 6.38. The summed E-state index contributed by atoms with van der Waals surface area (Å²) < 4.78 is 5.45. The first-order valence-corrected chi connectivity index (χ1v) is 6.79. The molecule has 6 atom stereocenters. The van der Waals surface area contributed by atoms with Crippen molar-refractivity contribution in [3.63, 3.8) is 0 Å². The highest BCUT2D eigenvalue weighted by Gasteiger charge is 2.60. The van der Waals surface area contributed by atoms with Crippen LogP contribution in [0.25, 0.3) is 0 Å². The maximum Gasteiger partial charge on any atom is 0.334 e. The third-order valence-electron chi connectivity index (χ3n) is 5.28. The molecule has 0 amide bonds. The topological polar surface area (TPSA) is 66.8 Å². The van der Waals surface area contributed by atoms with E-state index in [1.807, 2.05) is 19.9 Å². The van der Waals surface area contributed by atoms with Gasteiger partial charge in [-0.25, -0.2) is 4.79 Å². The number of hydrogen-bond acceptors (Lipinski definition) is 4. The number of carbonyl (C=O) groups is 1. The predicted molar refractivity (Wildman–Crippen MR) is 69.1 cm³/mol. The van der Waals surface area contributed by atoms with Crippen LogP contribution in [0.15, 0.2) is 23.8 Å².